The Hall–Kier alpha value is -3.03. The van der Waals surface area contributed by atoms with Gasteiger partial charge in [0.2, 0.25) is 9.84 Å². The third-order valence-electron chi connectivity index (χ3n) is 4.84. The van der Waals surface area contributed by atoms with Gasteiger partial charge in [-0.05, 0) is 79.6 Å². The highest BCUT2D eigenvalue weighted by atomic mass is 35.5. The fraction of sp³-hybridized carbons (Fsp3) is 0.136. The largest absolute Gasteiger partial charge is 0.506 e. The quantitative estimate of drug-likeness (QED) is 0.552. The van der Waals surface area contributed by atoms with Crippen LogP contribution in [0.3, 0.4) is 0 Å². The highest BCUT2D eigenvalue weighted by Gasteiger charge is 2.25. The summed E-state index contributed by atoms with van der Waals surface area (Å²) in [5.74, 6) is -0.269. The van der Waals surface area contributed by atoms with Crippen LogP contribution >= 0.6 is 11.6 Å². The molecule has 6 nitrogen and oxygen atoms in total. The van der Waals surface area contributed by atoms with Gasteiger partial charge in [-0.25, -0.2) is 8.42 Å². The Kier molecular flexibility index (Phi) is 6.05. The zero-order chi connectivity index (χ0) is 22.1. The fourth-order valence-corrected chi connectivity index (χ4v) is 4.44. The number of aromatic hydroxyl groups is 1. The molecule has 0 saturated carbocycles. The summed E-state index contributed by atoms with van der Waals surface area (Å²) in [4.78, 5) is 12.3. The first-order valence-electron chi connectivity index (χ1n) is 8.94. The summed E-state index contributed by atoms with van der Waals surface area (Å²) in [6.07, 6.45) is 0. The number of amides is 1. The van der Waals surface area contributed by atoms with Crippen molar-refractivity contribution in [3.8, 4) is 11.5 Å². The minimum absolute atomic E-state index is 0.00293. The molecule has 2 N–H and O–H groups in total. The molecular formula is C22H20ClNO5S. The van der Waals surface area contributed by atoms with Gasteiger partial charge in [-0.15, -0.1) is 0 Å². The maximum absolute atomic E-state index is 13.1. The van der Waals surface area contributed by atoms with E-state index in [0.717, 1.165) is 0 Å². The molecule has 0 spiro atoms. The molecule has 3 aromatic rings. The summed E-state index contributed by atoms with van der Waals surface area (Å²) in [5.41, 5.74) is 1.57. The van der Waals surface area contributed by atoms with Crippen LogP contribution in [0.25, 0.3) is 0 Å². The molecule has 3 aromatic carbocycles. The number of benzene rings is 3. The van der Waals surface area contributed by atoms with Crippen LogP contribution in [0.2, 0.25) is 5.02 Å². The Bertz CT molecular complexity index is 1200. The monoisotopic (exact) mass is 445 g/mol. The SMILES string of the molecule is COc1ccc(S(=O)(=O)c2cc(NC(=O)c3ccc(Cl)cc3)c(C)c(C)c2O)cc1. The number of methoxy groups -OCH3 is 1. The Balaban J connectivity index is 2.04. The van der Waals surface area contributed by atoms with Crippen molar-refractivity contribution in [2.45, 2.75) is 23.6 Å². The Morgan fingerprint density at radius 1 is 1.00 bits per heavy atom. The van der Waals surface area contributed by atoms with Crippen molar-refractivity contribution in [1.82, 2.24) is 0 Å². The molecule has 0 fully saturated rings. The minimum Gasteiger partial charge on any atom is -0.506 e. The van der Waals surface area contributed by atoms with Crippen molar-refractivity contribution in [2.75, 3.05) is 12.4 Å². The molecule has 0 aliphatic carbocycles. The van der Waals surface area contributed by atoms with E-state index in [2.05, 4.69) is 5.32 Å². The number of nitrogens with one attached hydrogen (secondary N) is 1. The molecule has 0 saturated heterocycles. The van der Waals surface area contributed by atoms with E-state index in [4.69, 9.17) is 16.3 Å². The van der Waals surface area contributed by atoms with Gasteiger partial charge in [0, 0.05) is 16.3 Å². The van der Waals surface area contributed by atoms with Crippen molar-refractivity contribution in [3.63, 3.8) is 0 Å². The average Bonchev–Trinajstić information content (AvgIpc) is 2.74. The highest BCUT2D eigenvalue weighted by Crippen LogP contribution is 2.37. The van der Waals surface area contributed by atoms with Gasteiger partial charge >= 0.3 is 0 Å². The number of carbonyl (C=O) groups excluding carboxylic acids is 1. The predicted octanol–water partition coefficient (Wildman–Crippen LogP) is 4.76. The van der Waals surface area contributed by atoms with Crippen molar-refractivity contribution in [1.29, 1.82) is 0 Å². The van der Waals surface area contributed by atoms with Gasteiger partial charge in [-0.2, -0.15) is 0 Å². The summed E-state index contributed by atoms with van der Waals surface area (Å²) in [6, 6.07) is 13.4. The van der Waals surface area contributed by atoms with Crippen LogP contribution in [0.1, 0.15) is 21.5 Å². The Morgan fingerprint density at radius 2 is 1.60 bits per heavy atom. The number of phenolic OH excluding ortho intramolecular Hbond substituents is 1. The van der Waals surface area contributed by atoms with E-state index in [1.54, 1.807) is 38.1 Å². The van der Waals surface area contributed by atoms with E-state index in [1.807, 2.05) is 0 Å². The van der Waals surface area contributed by atoms with Gasteiger partial charge in [0.25, 0.3) is 5.91 Å². The first-order chi connectivity index (χ1) is 14.1. The summed E-state index contributed by atoms with van der Waals surface area (Å²) in [5, 5.41) is 13.8. The Labute approximate surface area is 180 Å². The minimum atomic E-state index is -4.04. The van der Waals surface area contributed by atoms with E-state index in [9.17, 15) is 18.3 Å². The molecule has 0 bridgehead atoms. The summed E-state index contributed by atoms with van der Waals surface area (Å²) in [7, 11) is -2.56. The van der Waals surface area contributed by atoms with Crippen LogP contribution < -0.4 is 10.1 Å². The maximum atomic E-state index is 13.1. The van der Waals surface area contributed by atoms with Crippen LogP contribution in [0.5, 0.6) is 11.5 Å². The molecule has 1 amide bonds. The zero-order valence-corrected chi connectivity index (χ0v) is 18.1. The topological polar surface area (TPSA) is 92.7 Å². The number of halogens is 1. The fourth-order valence-electron chi connectivity index (χ4n) is 2.88. The van der Waals surface area contributed by atoms with E-state index in [0.29, 0.717) is 27.5 Å². The van der Waals surface area contributed by atoms with Crippen molar-refractivity contribution >= 4 is 33.0 Å². The number of anilines is 1. The van der Waals surface area contributed by atoms with Gasteiger partial charge in [0.1, 0.15) is 16.4 Å². The zero-order valence-electron chi connectivity index (χ0n) is 16.6. The van der Waals surface area contributed by atoms with Gasteiger partial charge in [0.05, 0.1) is 12.0 Å². The van der Waals surface area contributed by atoms with Crippen LogP contribution in [-0.4, -0.2) is 26.5 Å². The molecule has 0 unspecified atom stereocenters. The number of ether oxygens (including phenoxy) is 1. The molecular weight excluding hydrogens is 426 g/mol. The molecule has 156 valence electrons. The third-order valence-corrected chi connectivity index (χ3v) is 6.88. The number of sulfone groups is 1. The lowest BCUT2D eigenvalue weighted by Crippen LogP contribution is -2.14. The summed E-state index contributed by atoms with van der Waals surface area (Å²) < 4.78 is 31.3. The molecule has 0 aliphatic heterocycles. The van der Waals surface area contributed by atoms with E-state index in [1.165, 1.54) is 37.4 Å². The van der Waals surface area contributed by atoms with Gasteiger partial charge in [-0.1, -0.05) is 11.6 Å². The van der Waals surface area contributed by atoms with Gasteiger partial charge in [0.15, 0.2) is 0 Å². The second-order valence-corrected chi connectivity index (χ2v) is 9.02. The van der Waals surface area contributed by atoms with Crippen LogP contribution in [0, 0.1) is 13.8 Å². The molecule has 0 aromatic heterocycles. The molecule has 8 heteroatoms. The second-order valence-electron chi connectivity index (χ2n) is 6.66. The molecule has 30 heavy (non-hydrogen) atoms. The third kappa shape index (κ3) is 4.13. The first kappa shape index (κ1) is 21.7. The van der Waals surface area contributed by atoms with Gasteiger partial charge in [-0.3, -0.25) is 4.79 Å². The van der Waals surface area contributed by atoms with Crippen LogP contribution in [0.4, 0.5) is 5.69 Å². The number of phenols is 1. The van der Waals surface area contributed by atoms with Crippen molar-refractivity contribution < 1.29 is 23.1 Å². The van der Waals surface area contributed by atoms with Crippen LogP contribution in [0.15, 0.2) is 64.4 Å². The first-order valence-corrected chi connectivity index (χ1v) is 10.8. The highest BCUT2D eigenvalue weighted by molar-refractivity contribution is 7.91. The molecule has 3 rings (SSSR count). The lowest BCUT2D eigenvalue weighted by molar-refractivity contribution is 0.102. The Morgan fingerprint density at radius 3 is 2.17 bits per heavy atom. The smallest absolute Gasteiger partial charge is 0.255 e. The lowest BCUT2D eigenvalue weighted by Gasteiger charge is -2.16. The second kappa shape index (κ2) is 8.38. The normalized spacial score (nSPS) is 11.2. The number of rotatable bonds is 5. The van der Waals surface area contributed by atoms with E-state index >= 15 is 0 Å². The molecule has 0 heterocycles. The number of carbonyl (C=O) groups is 1. The lowest BCUT2D eigenvalue weighted by atomic mass is 10.1. The summed E-state index contributed by atoms with van der Waals surface area (Å²) in [6.45, 7) is 3.28. The van der Waals surface area contributed by atoms with E-state index < -0.39 is 15.7 Å². The van der Waals surface area contributed by atoms with E-state index in [-0.39, 0.29) is 21.2 Å². The van der Waals surface area contributed by atoms with Crippen LogP contribution in [-0.2, 0) is 9.84 Å². The standard InChI is InChI=1S/C22H20ClNO5S/c1-13-14(2)21(25)20(30(27,28)18-10-8-17(29-3)9-11-18)12-19(13)24-22(26)15-4-6-16(23)7-5-15/h4-12,25H,1-3H3,(H,24,26). The molecule has 0 aliphatic rings. The predicted molar refractivity (Wildman–Crippen MR) is 115 cm³/mol. The number of hydrogen-bond donors (Lipinski definition) is 2. The van der Waals surface area contributed by atoms with Crippen molar-refractivity contribution in [3.05, 3.63) is 76.3 Å². The van der Waals surface area contributed by atoms with Crippen molar-refractivity contribution in [2.24, 2.45) is 0 Å². The average molecular weight is 446 g/mol. The molecule has 0 radical (unpaired) electrons. The summed E-state index contributed by atoms with van der Waals surface area (Å²) >= 11 is 5.85. The molecule has 0 atom stereocenters. The number of hydrogen-bond acceptors (Lipinski definition) is 5. The maximum Gasteiger partial charge on any atom is 0.255 e. The van der Waals surface area contributed by atoms with Gasteiger partial charge < -0.3 is 15.2 Å².